The molecule has 0 bridgehead atoms. The number of amides is 1. The van der Waals surface area contributed by atoms with E-state index >= 15 is 0 Å². The van der Waals surface area contributed by atoms with E-state index in [2.05, 4.69) is 20.5 Å². The van der Waals surface area contributed by atoms with Crippen LogP contribution in [0.15, 0.2) is 40.4 Å². The van der Waals surface area contributed by atoms with Gasteiger partial charge in [-0.15, -0.1) is 5.10 Å². The summed E-state index contributed by atoms with van der Waals surface area (Å²) < 4.78 is 0. The van der Waals surface area contributed by atoms with Gasteiger partial charge in [-0.25, -0.2) is 0 Å². The standard InChI is InChI=1S/C13H14N4O2S/c1-8-5-3-4-6-10(8)15-12(19)9(2)20-13-16-11(18)7-14-17-13/h3-7,9H,1-2H3,(H,15,19)(H,16,17,18). The van der Waals surface area contributed by atoms with Crippen LogP contribution in [0.4, 0.5) is 5.69 Å². The highest BCUT2D eigenvalue weighted by Gasteiger charge is 2.16. The van der Waals surface area contributed by atoms with Crippen LogP contribution < -0.4 is 10.9 Å². The minimum absolute atomic E-state index is 0.157. The molecule has 0 aliphatic heterocycles. The number of thioether (sulfide) groups is 1. The van der Waals surface area contributed by atoms with Gasteiger partial charge in [-0.2, -0.15) is 5.10 Å². The molecular weight excluding hydrogens is 276 g/mol. The van der Waals surface area contributed by atoms with E-state index in [4.69, 9.17) is 0 Å². The highest BCUT2D eigenvalue weighted by atomic mass is 32.2. The molecule has 2 aromatic rings. The van der Waals surface area contributed by atoms with Crippen molar-refractivity contribution in [1.82, 2.24) is 15.2 Å². The Bertz CT molecular complexity index is 671. The Morgan fingerprint density at radius 1 is 1.40 bits per heavy atom. The Hall–Kier alpha value is -2.15. The molecule has 0 fully saturated rings. The van der Waals surface area contributed by atoms with Gasteiger partial charge in [0.05, 0.1) is 5.25 Å². The predicted octanol–water partition coefficient (Wildman–Crippen LogP) is 1.59. The number of benzene rings is 1. The largest absolute Gasteiger partial charge is 0.325 e. The molecule has 1 aromatic carbocycles. The van der Waals surface area contributed by atoms with Crippen molar-refractivity contribution in [1.29, 1.82) is 0 Å². The van der Waals surface area contributed by atoms with Crippen molar-refractivity contribution in [2.24, 2.45) is 0 Å². The molecule has 6 nitrogen and oxygen atoms in total. The normalized spacial score (nSPS) is 11.9. The van der Waals surface area contributed by atoms with E-state index in [9.17, 15) is 9.59 Å². The Morgan fingerprint density at radius 2 is 2.15 bits per heavy atom. The zero-order chi connectivity index (χ0) is 14.5. The number of anilines is 1. The van der Waals surface area contributed by atoms with Gasteiger partial charge in [0.15, 0.2) is 5.16 Å². The molecule has 1 heterocycles. The summed E-state index contributed by atoms with van der Waals surface area (Å²) >= 11 is 1.15. The van der Waals surface area contributed by atoms with Crippen LogP contribution >= 0.6 is 11.8 Å². The molecule has 0 spiro atoms. The molecule has 104 valence electrons. The van der Waals surface area contributed by atoms with Crippen LogP contribution in [0.5, 0.6) is 0 Å². The maximum Gasteiger partial charge on any atom is 0.270 e. The maximum atomic E-state index is 12.1. The first-order valence-electron chi connectivity index (χ1n) is 6.01. The van der Waals surface area contributed by atoms with Crippen LogP contribution in [0, 0.1) is 6.92 Å². The average Bonchev–Trinajstić information content (AvgIpc) is 2.41. The summed E-state index contributed by atoms with van der Waals surface area (Å²) in [6.45, 7) is 3.67. The van der Waals surface area contributed by atoms with E-state index in [1.54, 1.807) is 6.92 Å². The fourth-order valence-corrected chi connectivity index (χ4v) is 2.27. The van der Waals surface area contributed by atoms with Crippen LogP contribution in [-0.4, -0.2) is 26.3 Å². The van der Waals surface area contributed by atoms with Crippen LogP contribution in [0.25, 0.3) is 0 Å². The van der Waals surface area contributed by atoms with Gasteiger partial charge in [-0.3, -0.25) is 14.6 Å². The highest BCUT2D eigenvalue weighted by Crippen LogP contribution is 2.20. The third-order valence-corrected chi connectivity index (χ3v) is 3.59. The van der Waals surface area contributed by atoms with Gasteiger partial charge in [-0.05, 0) is 25.5 Å². The quantitative estimate of drug-likeness (QED) is 0.835. The minimum Gasteiger partial charge on any atom is -0.325 e. The van der Waals surface area contributed by atoms with Crippen LogP contribution in [0.1, 0.15) is 12.5 Å². The topological polar surface area (TPSA) is 87.7 Å². The van der Waals surface area contributed by atoms with E-state index in [-0.39, 0.29) is 11.5 Å². The lowest BCUT2D eigenvalue weighted by Crippen LogP contribution is -2.23. The van der Waals surface area contributed by atoms with Crippen molar-refractivity contribution in [2.75, 3.05) is 5.32 Å². The van der Waals surface area contributed by atoms with Gasteiger partial charge in [0, 0.05) is 5.69 Å². The first-order valence-corrected chi connectivity index (χ1v) is 6.89. The van der Waals surface area contributed by atoms with E-state index in [1.165, 1.54) is 0 Å². The average molecular weight is 290 g/mol. The maximum absolute atomic E-state index is 12.1. The Kier molecular flexibility index (Phi) is 4.52. The molecule has 2 N–H and O–H groups in total. The molecule has 2 rings (SSSR count). The van der Waals surface area contributed by atoms with Crippen LogP contribution in [-0.2, 0) is 4.79 Å². The SMILES string of the molecule is Cc1ccccc1NC(=O)C(C)Sc1nncc(=O)[nH]1. The lowest BCUT2D eigenvalue weighted by atomic mass is 10.2. The van der Waals surface area contributed by atoms with Crippen molar-refractivity contribution >= 4 is 23.4 Å². The third-order valence-electron chi connectivity index (χ3n) is 2.61. The fraction of sp³-hybridized carbons (Fsp3) is 0.231. The Labute approximate surface area is 120 Å². The Morgan fingerprint density at radius 3 is 2.85 bits per heavy atom. The van der Waals surface area contributed by atoms with Gasteiger partial charge in [0.1, 0.15) is 6.20 Å². The number of rotatable bonds is 4. The van der Waals surface area contributed by atoms with Crippen molar-refractivity contribution in [3.8, 4) is 0 Å². The van der Waals surface area contributed by atoms with E-state index < -0.39 is 5.25 Å². The number of aryl methyl sites for hydroxylation is 1. The predicted molar refractivity (Wildman–Crippen MR) is 77.8 cm³/mol. The monoisotopic (exact) mass is 290 g/mol. The molecule has 0 saturated carbocycles. The number of hydrogen-bond acceptors (Lipinski definition) is 5. The molecule has 0 aliphatic rings. The molecule has 7 heteroatoms. The zero-order valence-electron chi connectivity index (χ0n) is 11.1. The number of hydrogen-bond donors (Lipinski definition) is 2. The number of nitrogens with one attached hydrogen (secondary N) is 2. The summed E-state index contributed by atoms with van der Waals surface area (Å²) in [5.74, 6) is -0.157. The van der Waals surface area contributed by atoms with E-state index in [1.807, 2.05) is 31.2 Å². The first-order chi connectivity index (χ1) is 9.56. The lowest BCUT2D eigenvalue weighted by Gasteiger charge is -2.12. The summed E-state index contributed by atoms with van der Waals surface area (Å²) in [5.41, 5.74) is 1.43. The van der Waals surface area contributed by atoms with Crippen molar-refractivity contribution in [3.05, 3.63) is 46.4 Å². The number of H-pyrrole nitrogens is 1. The van der Waals surface area contributed by atoms with Gasteiger partial charge >= 0.3 is 0 Å². The zero-order valence-corrected chi connectivity index (χ0v) is 11.9. The van der Waals surface area contributed by atoms with Crippen LogP contribution in [0.3, 0.4) is 0 Å². The third kappa shape index (κ3) is 3.67. The molecule has 20 heavy (non-hydrogen) atoms. The van der Waals surface area contributed by atoms with Gasteiger partial charge < -0.3 is 5.32 Å². The minimum atomic E-state index is -0.401. The molecule has 0 saturated heterocycles. The summed E-state index contributed by atoms with van der Waals surface area (Å²) in [6, 6.07) is 7.54. The molecule has 1 unspecified atom stereocenters. The summed E-state index contributed by atoms with van der Waals surface area (Å²) in [4.78, 5) is 25.7. The van der Waals surface area contributed by atoms with Crippen molar-refractivity contribution < 1.29 is 4.79 Å². The van der Waals surface area contributed by atoms with Gasteiger partial charge in [0.2, 0.25) is 5.91 Å². The number of nitrogens with zero attached hydrogens (tertiary/aromatic N) is 2. The number of aromatic nitrogens is 3. The van der Waals surface area contributed by atoms with Crippen LogP contribution in [0.2, 0.25) is 0 Å². The van der Waals surface area contributed by atoms with E-state index in [0.29, 0.717) is 5.16 Å². The molecule has 0 radical (unpaired) electrons. The highest BCUT2D eigenvalue weighted by molar-refractivity contribution is 8.00. The molecule has 1 amide bonds. The molecule has 0 aliphatic carbocycles. The summed E-state index contributed by atoms with van der Waals surface area (Å²) in [5, 5.41) is 10.1. The summed E-state index contributed by atoms with van der Waals surface area (Å²) in [7, 11) is 0. The van der Waals surface area contributed by atoms with Crippen molar-refractivity contribution in [3.63, 3.8) is 0 Å². The molecule has 1 atom stereocenters. The number of carbonyl (C=O) groups is 1. The van der Waals surface area contributed by atoms with Crippen molar-refractivity contribution in [2.45, 2.75) is 24.3 Å². The fourth-order valence-electron chi connectivity index (χ4n) is 1.52. The lowest BCUT2D eigenvalue weighted by molar-refractivity contribution is -0.115. The molecule has 1 aromatic heterocycles. The first kappa shape index (κ1) is 14.3. The number of aromatic amines is 1. The van der Waals surface area contributed by atoms with Gasteiger partial charge in [0.25, 0.3) is 5.56 Å². The summed E-state index contributed by atoms with van der Waals surface area (Å²) in [6.07, 6.45) is 1.09. The van der Waals surface area contributed by atoms with E-state index in [0.717, 1.165) is 29.2 Å². The molecular formula is C13H14N4O2S. The Balaban J connectivity index is 2.02. The smallest absolute Gasteiger partial charge is 0.270 e. The number of para-hydroxylation sites is 1. The second-order valence-electron chi connectivity index (χ2n) is 4.20. The second kappa shape index (κ2) is 6.33. The second-order valence-corrected chi connectivity index (χ2v) is 5.53. The van der Waals surface area contributed by atoms with Gasteiger partial charge in [-0.1, -0.05) is 30.0 Å². The number of carbonyl (C=O) groups excluding carboxylic acids is 1.